The first-order valence-corrected chi connectivity index (χ1v) is 7.81. The third-order valence-corrected chi connectivity index (χ3v) is 3.37. The summed E-state index contributed by atoms with van der Waals surface area (Å²) in [4.78, 5) is 19.7. The Morgan fingerprint density at radius 1 is 1.29 bits per heavy atom. The molecule has 0 aliphatic carbocycles. The molecule has 1 N–H and O–H groups in total. The molecule has 0 aromatic heterocycles. The van der Waals surface area contributed by atoms with E-state index in [-0.39, 0.29) is 12.5 Å². The van der Waals surface area contributed by atoms with Crippen LogP contribution in [0.1, 0.15) is 12.5 Å². The van der Waals surface area contributed by atoms with E-state index in [9.17, 15) is 4.79 Å². The first-order chi connectivity index (χ1) is 11.3. The fourth-order valence-corrected chi connectivity index (χ4v) is 1.99. The SMILES string of the molecule is C=C(C)CNC(=NCC(=O)N(C)C)N(C)Cc1ccccc1OC. The van der Waals surface area contributed by atoms with Crippen LogP contribution in [0.15, 0.2) is 41.4 Å². The zero-order chi connectivity index (χ0) is 18.1. The zero-order valence-electron chi connectivity index (χ0n) is 15.3. The molecule has 6 heteroatoms. The number of para-hydroxylation sites is 1. The van der Waals surface area contributed by atoms with Gasteiger partial charge >= 0.3 is 0 Å². The summed E-state index contributed by atoms with van der Waals surface area (Å²) < 4.78 is 5.39. The van der Waals surface area contributed by atoms with Crippen molar-refractivity contribution in [3.63, 3.8) is 0 Å². The van der Waals surface area contributed by atoms with E-state index in [1.165, 1.54) is 4.90 Å². The van der Waals surface area contributed by atoms with Gasteiger partial charge in [0.2, 0.25) is 5.91 Å². The van der Waals surface area contributed by atoms with Crippen LogP contribution in [0.25, 0.3) is 0 Å². The summed E-state index contributed by atoms with van der Waals surface area (Å²) in [5.74, 6) is 1.43. The lowest BCUT2D eigenvalue weighted by Crippen LogP contribution is -2.40. The molecular weight excluding hydrogens is 304 g/mol. The van der Waals surface area contributed by atoms with E-state index < -0.39 is 0 Å². The second-order valence-corrected chi connectivity index (χ2v) is 5.91. The highest BCUT2D eigenvalue weighted by Gasteiger charge is 2.11. The van der Waals surface area contributed by atoms with E-state index in [2.05, 4.69) is 16.9 Å². The van der Waals surface area contributed by atoms with E-state index >= 15 is 0 Å². The molecule has 1 aromatic rings. The van der Waals surface area contributed by atoms with E-state index in [4.69, 9.17) is 4.74 Å². The van der Waals surface area contributed by atoms with Gasteiger partial charge in [0.15, 0.2) is 5.96 Å². The van der Waals surface area contributed by atoms with Crippen LogP contribution < -0.4 is 10.1 Å². The van der Waals surface area contributed by atoms with Gasteiger partial charge in [-0.1, -0.05) is 30.4 Å². The van der Waals surface area contributed by atoms with Crippen LogP contribution in [0.5, 0.6) is 5.75 Å². The molecule has 6 nitrogen and oxygen atoms in total. The summed E-state index contributed by atoms with van der Waals surface area (Å²) in [6.45, 7) is 7.15. The predicted molar refractivity (Wildman–Crippen MR) is 98.3 cm³/mol. The number of likely N-dealkylation sites (N-methyl/N-ethyl adjacent to an activating group) is 1. The predicted octanol–water partition coefficient (Wildman–Crippen LogP) is 1.74. The van der Waals surface area contributed by atoms with Gasteiger partial charge < -0.3 is 19.9 Å². The standard InChI is InChI=1S/C18H28N4O2/c1-14(2)11-19-18(20-12-17(23)21(3)4)22(5)13-15-9-7-8-10-16(15)24-6/h7-10H,1,11-13H2,2-6H3,(H,19,20). The number of carbonyl (C=O) groups is 1. The van der Waals surface area contributed by atoms with Gasteiger partial charge in [-0.2, -0.15) is 0 Å². The van der Waals surface area contributed by atoms with Crippen molar-refractivity contribution in [3.8, 4) is 5.75 Å². The normalized spacial score (nSPS) is 11.0. The van der Waals surface area contributed by atoms with Gasteiger partial charge in [-0.05, 0) is 13.0 Å². The van der Waals surface area contributed by atoms with Gasteiger partial charge in [0.05, 0.1) is 7.11 Å². The Morgan fingerprint density at radius 3 is 2.54 bits per heavy atom. The van der Waals surface area contributed by atoms with Gasteiger partial charge in [0.1, 0.15) is 12.3 Å². The first kappa shape index (κ1) is 19.5. The van der Waals surface area contributed by atoms with Gasteiger partial charge in [-0.25, -0.2) is 4.99 Å². The Bertz CT molecular complexity index is 596. The maximum Gasteiger partial charge on any atom is 0.243 e. The first-order valence-electron chi connectivity index (χ1n) is 7.81. The molecule has 1 amide bonds. The Hall–Kier alpha value is -2.50. The third-order valence-electron chi connectivity index (χ3n) is 3.37. The van der Waals surface area contributed by atoms with Crippen LogP contribution in [0.2, 0.25) is 0 Å². The van der Waals surface area contributed by atoms with E-state index in [0.717, 1.165) is 16.9 Å². The number of nitrogens with one attached hydrogen (secondary N) is 1. The molecule has 24 heavy (non-hydrogen) atoms. The molecule has 0 radical (unpaired) electrons. The van der Waals surface area contributed by atoms with Crippen molar-refractivity contribution in [2.45, 2.75) is 13.5 Å². The number of ether oxygens (including phenoxy) is 1. The molecule has 0 fully saturated rings. The fraction of sp³-hybridized carbons (Fsp3) is 0.444. The number of carbonyl (C=O) groups excluding carboxylic acids is 1. The fourth-order valence-electron chi connectivity index (χ4n) is 1.99. The highest BCUT2D eigenvalue weighted by Crippen LogP contribution is 2.18. The molecule has 0 saturated heterocycles. The second-order valence-electron chi connectivity index (χ2n) is 5.91. The Kier molecular flexibility index (Phi) is 7.82. The Balaban J connectivity index is 2.89. The van der Waals surface area contributed by atoms with Crippen molar-refractivity contribution in [3.05, 3.63) is 42.0 Å². The molecule has 0 aliphatic heterocycles. The zero-order valence-corrected chi connectivity index (χ0v) is 15.3. The topological polar surface area (TPSA) is 57.2 Å². The second kappa shape index (κ2) is 9.60. The Labute approximate surface area is 144 Å². The summed E-state index contributed by atoms with van der Waals surface area (Å²) in [6, 6.07) is 7.85. The van der Waals surface area contributed by atoms with Crippen molar-refractivity contribution >= 4 is 11.9 Å². The number of rotatable bonds is 7. The lowest BCUT2D eigenvalue weighted by molar-refractivity contribution is -0.127. The molecule has 1 aromatic carbocycles. The molecule has 0 saturated carbocycles. The number of amides is 1. The van der Waals surface area contributed by atoms with Gasteiger partial charge in [-0.3, -0.25) is 4.79 Å². The number of aliphatic imine (C=N–C) groups is 1. The third kappa shape index (κ3) is 6.32. The van der Waals surface area contributed by atoms with Crippen LogP contribution in [-0.4, -0.2) is 63.0 Å². The summed E-state index contributed by atoms with van der Waals surface area (Å²) in [7, 11) is 7.02. The largest absolute Gasteiger partial charge is 0.496 e. The number of nitrogens with zero attached hydrogens (tertiary/aromatic N) is 3. The minimum atomic E-state index is -0.0460. The smallest absolute Gasteiger partial charge is 0.243 e. The average molecular weight is 332 g/mol. The minimum absolute atomic E-state index is 0.0460. The van der Waals surface area contributed by atoms with Crippen LogP contribution in [0.3, 0.4) is 0 Å². The summed E-state index contributed by atoms with van der Waals surface area (Å²) in [6.07, 6.45) is 0. The average Bonchev–Trinajstić information content (AvgIpc) is 2.54. The van der Waals surface area contributed by atoms with Gasteiger partial charge in [-0.15, -0.1) is 0 Å². The maximum atomic E-state index is 11.8. The van der Waals surface area contributed by atoms with E-state index in [0.29, 0.717) is 19.0 Å². The Morgan fingerprint density at radius 2 is 1.96 bits per heavy atom. The van der Waals surface area contributed by atoms with Crippen molar-refractivity contribution in [2.75, 3.05) is 41.3 Å². The van der Waals surface area contributed by atoms with E-state index in [1.54, 1.807) is 21.2 Å². The summed E-state index contributed by atoms with van der Waals surface area (Å²) in [5, 5.41) is 3.24. The molecule has 1 rings (SSSR count). The lowest BCUT2D eigenvalue weighted by atomic mass is 10.2. The molecule has 0 unspecified atom stereocenters. The van der Waals surface area contributed by atoms with Gasteiger partial charge in [0, 0.05) is 39.8 Å². The minimum Gasteiger partial charge on any atom is -0.496 e. The highest BCUT2D eigenvalue weighted by atomic mass is 16.5. The summed E-state index contributed by atoms with van der Waals surface area (Å²) >= 11 is 0. The molecule has 0 aliphatic rings. The van der Waals surface area contributed by atoms with Crippen LogP contribution >= 0.6 is 0 Å². The molecular formula is C18H28N4O2. The van der Waals surface area contributed by atoms with Crippen LogP contribution in [0, 0.1) is 0 Å². The van der Waals surface area contributed by atoms with Crippen molar-refractivity contribution in [2.24, 2.45) is 4.99 Å². The molecule has 0 atom stereocenters. The molecule has 0 bridgehead atoms. The van der Waals surface area contributed by atoms with Crippen molar-refractivity contribution in [1.82, 2.24) is 15.1 Å². The van der Waals surface area contributed by atoms with Crippen LogP contribution in [-0.2, 0) is 11.3 Å². The number of methoxy groups -OCH3 is 1. The van der Waals surface area contributed by atoms with Crippen molar-refractivity contribution < 1.29 is 9.53 Å². The maximum absolute atomic E-state index is 11.8. The summed E-state index contributed by atoms with van der Waals surface area (Å²) in [5.41, 5.74) is 2.04. The molecule has 132 valence electrons. The van der Waals surface area contributed by atoms with Gasteiger partial charge in [0.25, 0.3) is 0 Å². The van der Waals surface area contributed by atoms with E-state index in [1.807, 2.05) is 43.1 Å². The monoisotopic (exact) mass is 332 g/mol. The highest BCUT2D eigenvalue weighted by molar-refractivity contribution is 5.84. The lowest BCUT2D eigenvalue weighted by Gasteiger charge is -2.23. The van der Waals surface area contributed by atoms with Crippen molar-refractivity contribution in [1.29, 1.82) is 0 Å². The molecule has 0 spiro atoms. The molecule has 0 heterocycles. The number of guanidine groups is 1. The number of hydrogen-bond donors (Lipinski definition) is 1. The van der Waals surface area contributed by atoms with Crippen LogP contribution in [0.4, 0.5) is 0 Å². The quantitative estimate of drug-likeness (QED) is 0.469. The number of hydrogen-bond acceptors (Lipinski definition) is 3. The number of benzene rings is 1.